The first kappa shape index (κ1) is 26.1. The maximum Gasteiger partial charge on any atom is 0.303 e. The second-order valence-corrected chi connectivity index (χ2v) is 11.7. The molecule has 1 aliphatic rings. The Kier molecular flexibility index (Phi) is 11.3. The predicted molar refractivity (Wildman–Crippen MR) is 125 cm³/mol. The molecule has 2 N–H and O–H groups in total. The zero-order valence-corrected chi connectivity index (χ0v) is 20.1. The van der Waals surface area contributed by atoms with Crippen molar-refractivity contribution in [2.75, 3.05) is 6.54 Å². The van der Waals surface area contributed by atoms with Gasteiger partial charge < -0.3 is 5.11 Å². The molecule has 0 amide bonds. The molecule has 0 aliphatic heterocycles. The summed E-state index contributed by atoms with van der Waals surface area (Å²) >= 11 is 6.10. The third-order valence-corrected chi connectivity index (χ3v) is 8.57. The van der Waals surface area contributed by atoms with Gasteiger partial charge in [0, 0.05) is 30.7 Å². The normalized spacial score (nSPS) is 21.5. The molecule has 0 spiro atoms. The lowest BCUT2D eigenvalue weighted by molar-refractivity contribution is -0.137. The number of nitrogens with one attached hydrogen (secondary N) is 1. The number of carbonyl (C=O) groups is 1. The Hall–Kier alpha value is -1.18. The maximum absolute atomic E-state index is 12.6. The van der Waals surface area contributed by atoms with Crippen LogP contribution in [0.3, 0.4) is 0 Å². The monoisotopic (exact) mass is 472 g/mol. The first-order valence-electron chi connectivity index (χ1n) is 11.5. The van der Waals surface area contributed by atoms with E-state index < -0.39 is 16.0 Å². The van der Waals surface area contributed by atoms with E-state index in [0.29, 0.717) is 31.7 Å². The quantitative estimate of drug-likeness (QED) is 0.380. The van der Waals surface area contributed by atoms with Gasteiger partial charge in [-0.25, -0.2) is 13.1 Å². The van der Waals surface area contributed by atoms with Gasteiger partial charge in [-0.3, -0.25) is 9.78 Å². The summed E-state index contributed by atoms with van der Waals surface area (Å²) in [5.41, 5.74) is 1.21. The summed E-state index contributed by atoms with van der Waals surface area (Å²) < 4.78 is 28.1. The van der Waals surface area contributed by atoms with Gasteiger partial charge in [0.25, 0.3) is 0 Å². The van der Waals surface area contributed by atoms with Gasteiger partial charge >= 0.3 is 5.97 Å². The molecule has 1 aliphatic carbocycles. The summed E-state index contributed by atoms with van der Waals surface area (Å²) in [4.78, 5) is 15.0. The Morgan fingerprint density at radius 2 is 1.97 bits per heavy atom. The van der Waals surface area contributed by atoms with Crippen LogP contribution in [0.1, 0.15) is 76.7 Å². The number of aromatic nitrogens is 1. The first-order chi connectivity index (χ1) is 14.8. The van der Waals surface area contributed by atoms with E-state index in [4.69, 9.17) is 16.7 Å². The predicted octanol–water partition coefficient (Wildman–Crippen LogP) is 4.77. The molecule has 2 unspecified atom stereocenters. The maximum atomic E-state index is 12.6. The SMILES string of the molecule is CC(CNS(=O)(=O)C1CCC(Cl)CC1)CC(CCCC(=O)O)CCCc1cccnc1. The van der Waals surface area contributed by atoms with Crippen molar-refractivity contribution in [1.29, 1.82) is 0 Å². The highest BCUT2D eigenvalue weighted by Gasteiger charge is 2.30. The van der Waals surface area contributed by atoms with Gasteiger partial charge in [0.05, 0.1) is 5.25 Å². The van der Waals surface area contributed by atoms with E-state index in [1.54, 1.807) is 6.20 Å². The van der Waals surface area contributed by atoms with E-state index in [-0.39, 0.29) is 23.0 Å². The molecule has 0 saturated heterocycles. The van der Waals surface area contributed by atoms with E-state index in [0.717, 1.165) is 44.9 Å². The van der Waals surface area contributed by atoms with Crippen LogP contribution in [0.15, 0.2) is 24.5 Å². The summed E-state index contributed by atoms with van der Waals surface area (Å²) in [7, 11) is -3.31. The fourth-order valence-corrected chi connectivity index (χ4v) is 6.32. The Balaban J connectivity index is 1.80. The van der Waals surface area contributed by atoms with Gasteiger partial charge in [-0.15, -0.1) is 11.6 Å². The highest BCUT2D eigenvalue weighted by atomic mass is 35.5. The summed E-state index contributed by atoms with van der Waals surface area (Å²) in [6.45, 7) is 2.50. The zero-order valence-electron chi connectivity index (χ0n) is 18.5. The molecule has 1 saturated carbocycles. The van der Waals surface area contributed by atoms with Crippen LogP contribution in [-0.2, 0) is 21.2 Å². The number of hydrogen-bond donors (Lipinski definition) is 2. The first-order valence-corrected chi connectivity index (χ1v) is 13.5. The van der Waals surface area contributed by atoms with Gasteiger partial charge in [-0.05, 0) is 81.3 Å². The third kappa shape index (κ3) is 10.3. The number of aryl methyl sites for hydroxylation is 1. The topological polar surface area (TPSA) is 96.4 Å². The molecule has 0 radical (unpaired) electrons. The van der Waals surface area contributed by atoms with Gasteiger partial charge in [0.15, 0.2) is 0 Å². The van der Waals surface area contributed by atoms with Crippen LogP contribution in [0.4, 0.5) is 0 Å². The van der Waals surface area contributed by atoms with E-state index >= 15 is 0 Å². The average Bonchev–Trinajstić information content (AvgIpc) is 2.73. The van der Waals surface area contributed by atoms with Gasteiger partial charge in [0.1, 0.15) is 0 Å². The molecule has 0 bridgehead atoms. The minimum absolute atomic E-state index is 0.101. The number of nitrogens with zero attached hydrogens (tertiary/aromatic N) is 1. The minimum Gasteiger partial charge on any atom is -0.481 e. The molecular weight excluding hydrogens is 436 g/mol. The van der Waals surface area contributed by atoms with E-state index in [1.807, 2.05) is 12.3 Å². The third-order valence-electron chi connectivity index (χ3n) is 6.21. The molecule has 1 fully saturated rings. The molecule has 1 aromatic heterocycles. The van der Waals surface area contributed by atoms with Crippen LogP contribution < -0.4 is 4.72 Å². The van der Waals surface area contributed by atoms with Crippen molar-refractivity contribution in [3.05, 3.63) is 30.1 Å². The van der Waals surface area contributed by atoms with Crippen molar-refractivity contribution in [1.82, 2.24) is 9.71 Å². The molecule has 8 heteroatoms. The highest BCUT2D eigenvalue weighted by Crippen LogP contribution is 2.28. The van der Waals surface area contributed by atoms with E-state index in [1.165, 1.54) is 5.56 Å². The lowest BCUT2D eigenvalue weighted by Gasteiger charge is -2.26. The fraction of sp³-hybridized carbons (Fsp3) is 0.739. The molecule has 0 aromatic carbocycles. The molecule has 176 valence electrons. The number of aliphatic carboxylic acids is 1. The summed E-state index contributed by atoms with van der Waals surface area (Å²) in [6, 6.07) is 4.01. The summed E-state index contributed by atoms with van der Waals surface area (Å²) in [5, 5.41) is 8.72. The Morgan fingerprint density at radius 1 is 1.26 bits per heavy atom. The number of alkyl halides is 1. The molecule has 31 heavy (non-hydrogen) atoms. The number of carboxylic acid groups (broad SMARTS) is 1. The molecule has 2 rings (SSSR count). The number of sulfonamides is 1. The molecule has 1 aromatic rings. The largest absolute Gasteiger partial charge is 0.481 e. The lowest BCUT2D eigenvalue weighted by Crippen LogP contribution is -2.39. The number of halogens is 1. The smallest absolute Gasteiger partial charge is 0.303 e. The summed E-state index contributed by atoms with van der Waals surface area (Å²) in [6.07, 6.45) is 12.0. The van der Waals surface area contributed by atoms with Crippen LogP contribution in [0.2, 0.25) is 0 Å². The Bertz CT molecular complexity index is 752. The van der Waals surface area contributed by atoms with Crippen molar-refractivity contribution in [2.45, 2.75) is 88.2 Å². The number of pyridine rings is 1. The van der Waals surface area contributed by atoms with Crippen molar-refractivity contribution in [2.24, 2.45) is 11.8 Å². The Morgan fingerprint density at radius 3 is 2.61 bits per heavy atom. The van der Waals surface area contributed by atoms with Crippen LogP contribution in [0, 0.1) is 11.8 Å². The fourth-order valence-electron chi connectivity index (χ4n) is 4.42. The molecule has 2 atom stereocenters. The van der Waals surface area contributed by atoms with Crippen LogP contribution >= 0.6 is 11.6 Å². The zero-order chi connectivity index (χ0) is 22.7. The van der Waals surface area contributed by atoms with Gasteiger partial charge in [-0.2, -0.15) is 0 Å². The average molecular weight is 473 g/mol. The van der Waals surface area contributed by atoms with E-state index in [9.17, 15) is 13.2 Å². The lowest BCUT2D eigenvalue weighted by atomic mass is 9.87. The number of hydrogen-bond acceptors (Lipinski definition) is 4. The molecular formula is C23H37ClN2O4S. The van der Waals surface area contributed by atoms with Crippen molar-refractivity contribution < 1.29 is 18.3 Å². The number of carboxylic acids is 1. The van der Waals surface area contributed by atoms with Crippen LogP contribution in [-0.4, -0.2) is 41.6 Å². The number of rotatable bonds is 14. The molecule has 1 heterocycles. The standard InChI is InChI=1S/C23H37ClN2O4S/c1-18(16-26-31(29,30)22-12-10-21(24)11-13-22)15-19(6-3-9-23(27)28)5-2-7-20-8-4-14-25-17-20/h4,8,14,17-19,21-22,26H,2-3,5-7,9-13,15-16H2,1H3,(H,27,28). The van der Waals surface area contributed by atoms with E-state index in [2.05, 4.69) is 22.7 Å². The van der Waals surface area contributed by atoms with Crippen molar-refractivity contribution in [3.8, 4) is 0 Å². The highest BCUT2D eigenvalue weighted by molar-refractivity contribution is 7.90. The Labute approximate surface area is 192 Å². The minimum atomic E-state index is -3.31. The van der Waals surface area contributed by atoms with Crippen molar-refractivity contribution >= 4 is 27.6 Å². The molecule has 6 nitrogen and oxygen atoms in total. The second-order valence-electron chi connectivity index (χ2n) is 9.01. The van der Waals surface area contributed by atoms with Crippen LogP contribution in [0.25, 0.3) is 0 Å². The van der Waals surface area contributed by atoms with Gasteiger partial charge in [-0.1, -0.05) is 19.4 Å². The van der Waals surface area contributed by atoms with Crippen LogP contribution in [0.5, 0.6) is 0 Å². The second kappa shape index (κ2) is 13.4. The van der Waals surface area contributed by atoms with Crippen molar-refractivity contribution in [3.63, 3.8) is 0 Å². The van der Waals surface area contributed by atoms with Gasteiger partial charge in [0.2, 0.25) is 10.0 Å². The summed E-state index contributed by atoms with van der Waals surface area (Å²) in [5.74, 6) is -0.170.